The molecule has 4 aromatic rings. The molecule has 0 saturated heterocycles. The van der Waals surface area contributed by atoms with Crippen LogP contribution in [-0.2, 0) is 0 Å². The van der Waals surface area contributed by atoms with E-state index in [0.717, 1.165) is 10.6 Å². The number of hydrogen-bond acceptors (Lipinski definition) is 6. The molecule has 3 amide bonds. The predicted molar refractivity (Wildman–Crippen MR) is 129 cm³/mol. The van der Waals surface area contributed by atoms with E-state index in [1.54, 1.807) is 24.3 Å². The van der Waals surface area contributed by atoms with Crippen LogP contribution in [0.1, 0.15) is 31.1 Å². The van der Waals surface area contributed by atoms with Gasteiger partial charge in [-0.05, 0) is 48.5 Å². The van der Waals surface area contributed by atoms with Crippen molar-refractivity contribution in [2.24, 2.45) is 0 Å². The van der Waals surface area contributed by atoms with E-state index in [2.05, 4.69) is 10.6 Å². The van der Waals surface area contributed by atoms with Gasteiger partial charge in [-0.3, -0.25) is 29.1 Å². The van der Waals surface area contributed by atoms with Crippen LogP contribution in [0.4, 0.5) is 11.5 Å². The number of carbonyl (C=O) groups is 3. The molecule has 1 aliphatic heterocycles. The van der Waals surface area contributed by atoms with Crippen molar-refractivity contribution < 1.29 is 19.1 Å². The van der Waals surface area contributed by atoms with Gasteiger partial charge in [-0.25, -0.2) is 0 Å². The zero-order valence-corrected chi connectivity index (χ0v) is 18.1. The van der Waals surface area contributed by atoms with Crippen molar-refractivity contribution in [3.05, 3.63) is 112 Å². The lowest BCUT2D eigenvalue weighted by Crippen LogP contribution is -2.24. The monoisotopic (exact) mass is 466 g/mol. The van der Waals surface area contributed by atoms with Crippen LogP contribution in [0.5, 0.6) is 11.5 Å². The van der Waals surface area contributed by atoms with Crippen molar-refractivity contribution in [3.8, 4) is 17.2 Å². The molecule has 9 nitrogen and oxygen atoms in total. The fourth-order valence-corrected chi connectivity index (χ4v) is 3.78. The van der Waals surface area contributed by atoms with Crippen molar-refractivity contribution in [1.29, 1.82) is 0 Å². The van der Waals surface area contributed by atoms with E-state index in [-0.39, 0.29) is 22.9 Å². The summed E-state index contributed by atoms with van der Waals surface area (Å²) >= 11 is 0. The van der Waals surface area contributed by atoms with Gasteiger partial charge in [0, 0.05) is 11.6 Å². The van der Waals surface area contributed by atoms with Crippen LogP contribution in [0.3, 0.4) is 0 Å². The molecule has 0 saturated carbocycles. The molecular formula is C26H18N4O5. The molecule has 35 heavy (non-hydrogen) atoms. The maximum absolute atomic E-state index is 12.9. The van der Waals surface area contributed by atoms with Gasteiger partial charge in [-0.15, -0.1) is 0 Å². The minimum atomic E-state index is -0.663. The molecular weight excluding hydrogens is 448 g/mol. The van der Waals surface area contributed by atoms with Gasteiger partial charge >= 0.3 is 0 Å². The van der Waals surface area contributed by atoms with Gasteiger partial charge in [0.15, 0.2) is 5.75 Å². The molecule has 0 spiro atoms. The van der Waals surface area contributed by atoms with E-state index in [1.165, 1.54) is 24.3 Å². The molecule has 2 heterocycles. The number of nitrogens with one attached hydrogen (secondary N) is 2. The Balaban J connectivity index is 1.40. The van der Waals surface area contributed by atoms with E-state index >= 15 is 0 Å². The summed E-state index contributed by atoms with van der Waals surface area (Å²) in [6.45, 7) is 0. The van der Waals surface area contributed by atoms with Crippen molar-refractivity contribution in [2.45, 2.75) is 0 Å². The average molecular weight is 466 g/mol. The fraction of sp³-hybridized carbons (Fsp3) is 0. The van der Waals surface area contributed by atoms with Crippen LogP contribution < -0.4 is 26.7 Å². The lowest BCUT2D eigenvalue weighted by molar-refractivity contribution is 0.0879. The third kappa shape index (κ3) is 4.02. The molecule has 0 radical (unpaired) electrons. The Morgan fingerprint density at radius 3 is 2.29 bits per heavy atom. The summed E-state index contributed by atoms with van der Waals surface area (Å²) in [7, 11) is 0. The summed E-state index contributed by atoms with van der Waals surface area (Å²) in [6, 6.07) is 23.4. The van der Waals surface area contributed by atoms with Crippen LogP contribution in [0.25, 0.3) is 5.69 Å². The van der Waals surface area contributed by atoms with E-state index in [1.807, 2.05) is 30.3 Å². The molecule has 0 aliphatic carbocycles. The summed E-state index contributed by atoms with van der Waals surface area (Å²) in [5.74, 6) is -0.756. The first-order valence-corrected chi connectivity index (χ1v) is 10.6. The van der Waals surface area contributed by atoms with Gasteiger partial charge in [-0.1, -0.05) is 30.3 Å². The molecule has 5 rings (SSSR count). The number of benzene rings is 3. The lowest BCUT2D eigenvalue weighted by Gasteiger charge is -2.14. The highest BCUT2D eigenvalue weighted by atomic mass is 16.5. The van der Waals surface area contributed by atoms with Gasteiger partial charge in [0.25, 0.3) is 23.3 Å². The van der Waals surface area contributed by atoms with Gasteiger partial charge in [0.2, 0.25) is 0 Å². The second-order valence-electron chi connectivity index (χ2n) is 7.69. The Hall–Kier alpha value is -5.18. The molecule has 3 aromatic carbocycles. The molecule has 4 N–H and O–H groups in total. The second-order valence-corrected chi connectivity index (χ2v) is 7.69. The summed E-state index contributed by atoms with van der Waals surface area (Å²) in [5.41, 5.74) is 6.53. The number of aromatic nitrogens is 1. The number of ether oxygens (including phenoxy) is 1. The number of fused-ring (bicyclic) bond motifs is 1. The van der Waals surface area contributed by atoms with Crippen LogP contribution in [0, 0.1) is 0 Å². The molecule has 0 unspecified atom stereocenters. The van der Waals surface area contributed by atoms with Crippen LogP contribution >= 0.6 is 0 Å². The average Bonchev–Trinajstić information content (AvgIpc) is 3.14. The van der Waals surface area contributed by atoms with Crippen LogP contribution in [0.15, 0.2) is 89.7 Å². The molecule has 1 aromatic heterocycles. The number of nitrogen functional groups attached to an aromatic ring is 1. The number of nitrogens with zero attached hydrogens (tertiary/aromatic N) is 1. The standard InChI is InChI=1S/C26H18N4O5/c27-23-22-18(25(33)29-26(22)34)14-21(31)30(23)16-12-10-15(11-13-16)24(32)28-19-8-4-5-9-20(19)35-17-6-2-1-3-7-17/h1-14H,27H2,(H,28,32)(H,29,33,34). The van der Waals surface area contributed by atoms with Crippen LogP contribution in [0.2, 0.25) is 0 Å². The highest BCUT2D eigenvalue weighted by molar-refractivity contribution is 6.23. The quantitative estimate of drug-likeness (QED) is 0.387. The number of nitrogens with two attached hydrogens (primary N) is 1. The molecule has 0 atom stereocenters. The minimum Gasteiger partial charge on any atom is -0.455 e. The number of hydrogen-bond donors (Lipinski definition) is 3. The van der Waals surface area contributed by atoms with Crippen molar-refractivity contribution in [1.82, 2.24) is 9.88 Å². The minimum absolute atomic E-state index is 0.0496. The van der Waals surface area contributed by atoms with E-state index in [0.29, 0.717) is 28.4 Å². The van der Waals surface area contributed by atoms with Gasteiger partial charge < -0.3 is 15.8 Å². The van der Waals surface area contributed by atoms with E-state index in [4.69, 9.17) is 10.5 Å². The Kier molecular flexibility index (Phi) is 5.34. The first kappa shape index (κ1) is 21.7. The maximum Gasteiger partial charge on any atom is 0.262 e. The predicted octanol–water partition coefficient (Wildman–Crippen LogP) is 3.35. The number of rotatable bonds is 5. The highest BCUT2D eigenvalue weighted by Crippen LogP contribution is 2.29. The third-order valence-electron chi connectivity index (χ3n) is 5.45. The Morgan fingerprint density at radius 2 is 1.54 bits per heavy atom. The lowest BCUT2D eigenvalue weighted by atomic mass is 10.1. The topological polar surface area (TPSA) is 133 Å². The molecule has 172 valence electrons. The van der Waals surface area contributed by atoms with E-state index < -0.39 is 17.4 Å². The number of pyridine rings is 1. The van der Waals surface area contributed by atoms with E-state index in [9.17, 15) is 19.2 Å². The Bertz CT molecular complexity index is 1540. The smallest absolute Gasteiger partial charge is 0.262 e. The summed E-state index contributed by atoms with van der Waals surface area (Å²) < 4.78 is 6.99. The number of para-hydroxylation sites is 3. The zero-order chi connectivity index (χ0) is 24.5. The number of amides is 3. The number of imide groups is 1. The first-order valence-electron chi connectivity index (χ1n) is 10.6. The van der Waals surface area contributed by atoms with Gasteiger partial charge in [0.1, 0.15) is 11.6 Å². The second kappa shape index (κ2) is 8.64. The Morgan fingerprint density at radius 1 is 0.857 bits per heavy atom. The largest absolute Gasteiger partial charge is 0.455 e. The molecule has 1 aliphatic rings. The van der Waals surface area contributed by atoms with Crippen molar-refractivity contribution >= 4 is 29.2 Å². The molecule has 0 fully saturated rings. The third-order valence-corrected chi connectivity index (χ3v) is 5.45. The summed E-state index contributed by atoms with van der Waals surface area (Å²) in [4.78, 5) is 49.4. The number of carbonyl (C=O) groups excluding carboxylic acids is 3. The van der Waals surface area contributed by atoms with Crippen molar-refractivity contribution in [2.75, 3.05) is 11.1 Å². The maximum atomic E-state index is 12.9. The summed E-state index contributed by atoms with van der Waals surface area (Å²) in [5, 5.41) is 4.95. The highest BCUT2D eigenvalue weighted by Gasteiger charge is 2.31. The number of anilines is 2. The first-order chi connectivity index (χ1) is 16.9. The Labute approximate surface area is 198 Å². The summed E-state index contributed by atoms with van der Waals surface area (Å²) in [6.07, 6.45) is 0. The fourth-order valence-electron chi connectivity index (χ4n) is 3.78. The SMILES string of the molecule is Nc1c2c(cc(=O)n1-c1ccc(C(=O)Nc3ccccc3Oc3ccccc3)cc1)C(=O)NC2=O. The molecule has 9 heteroatoms. The van der Waals surface area contributed by atoms with Gasteiger partial charge in [-0.2, -0.15) is 0 Å². The van der Waals surface area contributed by atoms with Gasteiger partial charge in [0.05, 0.1) is 22.5 Å². The zero-order valence-electron chi connectivity index (χ0n) is 18.1. The normalized spacial score (nSPS) is 12.1. The molecule has 0 bridgehead atoms. The van der Waals surface area contributed by atoms with Crippen molar-refractivity contribution in [3.63, 3.8) is 0 Å². The van der Waals surface area contributed by atoms with Crippen LogP contribution in [-0.4, -0.2) is 22.3 Å².